The van der Waals surface area contributed by atoms with Gasteiger partial charge < -0.3 is 15.8 Å². The normalized spacial score (nSPS) is 10.3. The van der Waals surface area contributed by atoms with E-state index in [4.69, 9.17) is 10.5 Å². The monoisotopic (exact) mass is 274 g/mol. The molecule has 0 fully saturated rings. The number of rotatable bonds is 4. The highest BCUT2D eigenvalue weighted by atomic mass is 19.1. The number of amides is 1. The average molecular weight is 274 g/mol. The SMILES string of the molecule is COCc1ccccc1NC(=O)c1ccc(F)cc1N. The van der Waals surface area contributed by atoms with E-state index in [9.17, 15) is 9.18 Å². The van der Waals surface area contributed by atoms with Crippen molar-refractivity contribution in [3.8, 4) is 0 Å². The number of nitrogen functional groups attached to an aromatic ring is 1. The summed E-state index contributed by atoms with van der Waals surface area (Å²) in [6, 6.07) is 11.0. The Balaban J connectivity index is 2.23. The standard InChI is InChI=1S/C15H15FN2O2/c1-20-9-10-4-2-3-5-14(10)18-15(19)12-7-6-11(16)8-13(12)17/h2-8H,9,17H2,1H3,(H,18,19). The van der Waals surface area contributed by atoms with E-state index >= 15 is 0 Å². The molecule has 0 heterocycles. The molecule has 3 N–H and O–H groups in total. The van der Waals surface area contributed by atoms with Crippen molar-refractivity contribution in [1.29, 1.82) is 0 Å². The molecule has 2 rings (SSSR count). The highest BCUT2D eigenvalue weighted by Gasteiger charge is 2.12. The van der Waals surface area contributed by atoms with E-state index in [0.29, 0.717) is 12.3 Å². The quantitative estimate of drug-likeness (QED) is 0.843. The molecule has 0 spiro atoms. The first-order valence-corrected chi connectivity index (χ1v) is 6.05. The molecule has 0 aliphatic carbocycles. The van der Waals surface area contributed by atoms with E-state index in [2.05, 4.69) is 5.32 Å². The van der Waals surface area contributed by atoms with E-state index in [1.165, 1.54) is 12.1 Å². The van der Waals surface area contributed by atoms with Crippen molar-refractivity contribution in [2.75, 3.05) is 18.2 Å². The molecule has 0 atom stereocenters. The first-order chi connectivity index (χ1) is 9.61. The van der Waals surface area contributed by atoms with Gasteiger partial charge in [0.15, 0.2) is 0 Å². The smallest absolute Gasteiger partial charge is 0.257 e. The summed E-state index contributed by atoms with van der Waals surface area (Å²) in [7, 11) is 1.58. The van der Waals surface area contributed by atoms with Gasteiger partial charge in [-0.25, -0.2) is 4.39 Å². The molecule has 1 amide bonds. The number of para-hydroxylation sites is 1. The van der Waals surface area contributed by atoms with Crippen LogP contribution in [0.1, 0.15) is 15.9 Å². The van der Waals surface area contributed by atoms with Crippen LogP contribution in [0.4, 0.5) is 15.8 Å². The van der Waals surface area contributed by atoms with E-state index in [-0.39, 0.29) is 17.2 Å². The summed E-state index contributed by atoms with van der Waals surface area (Å²) in [5.74, 6) is -0.857. The Hall–Kier alpha value is -2.40. The number of nitrogens with two attached hydrogens (primary N) is 1. The topological polar surface area (TPSA) is 64.3 Å². The van der Waals surface area contributed by atoms with Crippen LogP contribution in [0.25, 0.3) is 0 Å². The molecule has 5 heteroatoms. The van der Waals surface area contributed by atoms with Crippen LogP contribution < -0.4 is 11.1 Å². The van der Waals surface area contributed by atoms with Gasteiger partial charge in [0.05, 0.1) is 12.2 Å². The Morgan fingerprint density at radius 1 is 1.30 bits per heavy atom. The lowest BCUT2D eigenvalue weighted by Gasteiger charge is -2.11. The third kappa shape index (κ3) is 3.13. The summed E-state index contributed by atoms with van der Waals surface area (Å²) in [6.45, 7) is 0.384. The Morgan fingerprint density at radius 3 is 2.75 bits per heavy atom. The number of anilines is 2. The second kappa shape index (κ2) is 6.16. The third-order valence-electron chi connectivity index (χ3n) is 2.82. The number of halogens is 1. The van der Waals surface area contributed by atoms with E-state index in [1.54, 1.807) is 13.2 Å². The molecule has 2 aromatic carbocycles. The lowest BCUT2D eigenvalue weighted by molar-refractivity contribution is 0.102. The molecule has 0 aliphatic rings. The molecule has 0 saturated carbocycles. The second-order valence-corrected chi connectivity index (χ2v) is 4.28. The number of methoxy groups -OCH3 is 1. The van der Waals surface area contributed by atoms with Crippen LogP contribution in [-0.4, -0.2) is 13.0 Å². The molecular formula is C15H15FN2O2. The van der Waals surface area contributed by atoms with Crippen molar-refractivity contribution in [2.45, 2.75) is 6.61 Å². The van der Waals surface area contributed by atoms with Crippen molar-refractivity contribution in [3.05, 3.63) is 59.4 Å². The predicted molar refractivity (Wildman–Crippen MR) is 75.9 cm³/mol. The Labute approximate surface area is 116 Å². The summed E-state index contributed by atoms with van der Waals surface area (Å²) in [6.07, 6.45) is 0. The number of ether oxygens (including phenoxy) is 1. The number of carbonyl (C=O) groups excluding carboxylic acids is 1. The highest BCUT2D eigenvalue weighted by molar-refractivity contribution is 6.08. The zero-order valence-electron chi connectivity index (χ0n) is 11.0. The molecule has 0 aromatic heterocycles. The lowest BCUT2D eigenvalue weighted by atomic mass is 10.1. The molecule has 0 unspecified atom stereocenters. The number of nitrogens with one attached hydrogen (secondary N) is 1. The third-order valence-corrected chi connectivity index (χ3v) is 2.82. The fourth-order valence-corrected chi connectivity index (χ4v) is 1.85. The summed E-state index contributed by atoms with van der Waals surface area (Å²) in [5.41, 5.74) is 7.48. The summed E-state index contributed by atoms with van der Waals surface area (Å²) >= 11 is 0. The van der Waals surface area contributed by atoms with Crippen LogP contribution in [-0.2, 0) is 11.3 Å². The fourth-order valence-electron chi connectivity index (χ4n) is 1.85. The molecule has 0 saturated heterocycles. The zero-order chi connectivity index (χ0) is 14.5. The van der Waals surface area contributed by atoms with Gasteiger partial charge in [-0.1, -0.05) is 18.2 Å². The van der Waals surface area contributed by atoms with Crippen LogP contribution in [0, 0.1) is 5.82 Å². The van der Waals surface area contributed by atoms with Crippen LogP contribution in [0.2, 0.25) is 0 Å². The fraction of sp³-hybridized carbons (Fsp3) is 0.133. The first kappa shape index (κ1) is 14.0. The van der Waals surface area contributed by atoms with Crippen LogP contribution in [0.15, 0.2) is 42.5 Å². The average Bonchev–Trinajstić information content (AvgIpc) is 2.41. The maximum absolute atomic E-state index is 13.0. The summed E-state index contributed by atoms with van der Waals surface area (Å²) in [4.78, 5) is 12.1. The number of carbonyl (C=O) groups is 1. The largest absolute Gasteiger partial charge is 0.398 e. The minimum Gasteiger partial charge on any atom is -0.398 e. The Kier molecular flexibility index (Phi) is 4.32. The van der Waals surface area contributed by atoms with E-state index in [0.717, 1.165) is 11.6 Å². The van der Waals surface area contributed by atoms with Gasteiger partial charge in [-0.15, -0.1) is 0 Å². The van der Waals surface area contributed by atoms with Crippen molar-refractivity contribution in [3.63, 3.8) is 0 Å². The Morgan fingerprint density at radius 2 is 2.05 bits per heavy atom. The van der Waals surface area contributed by atoms with Gasteiger partial charge in [-0.05, 0) is 24.3 Å². The molecule has 0 radical (unpaired) electrons. The summed E-state index contributed by atoms with van der Waals surface area (Å²) in [5, 5.41) is 2.75. The van der Waals surface area contributed by atoms with Crippen molar-refractivity contribution >= 4 is 17.3 Å². The van der Waals surface area contributed by atoms with Gasteiger partial charge >= 0.3 is 0 Å². The molecule has 20 heavy (non-hydrogen) atoms. The van der Waals surface area contributed by atoms with Gasteiger partial charge in [-0.2, -0.15) is 0 Å². The van der Waals surface area contributed by atoms with Gasteiger partial charge in [0.25, 0.3) is 5.91 Å². The van der Waals surface area contributed by atoms with Gasteiger partial charge in [0, 0.05) is 24.0 Å². The minimum atomic E-state index is -0.473. The van der Waals surface area contributed by atoms with Gasteiger partial charge in [0.1, 0.15) is 5.82 Å². The minimum absolute atomic E-state index is 0.103. The molecule has 0 aliphatic heterocycles. The molecule has 2 aromatic rings. The van der Waals surface area contributed by atoms with Crippen molar-refractivity contribution in [1.82, 2.24) is 0 Å². The zero-order valence-corrected chi connectivity index (χ0v) is 11.0. The van der Waals surface area contributed by atoms with E-state index in [1.807, 2.05) is 18.2 Å². The molecule has 104 valence electrons. The molecule has 4 nitrogen and oxygen atoms in total. The van der Waals surface area contributed by atoms with Crippen LogP contribution >= 0.6 is 0 Å². The molecular weight excluding hydrogens is 259 g/mol. The number of hydrogen-bond donors (Lipinski definition) is 2. The maximum Gasteiger partial charge on any atom is 0.257 e. The van der Waals surface area contributed by atoms with Crippen molar-refractivity contribution in [2.24, 2.45) is 0 Å². The van der Waals surface area contributed by atoms with Crippen molar-refractivity contribution < 1.29 is 13.9 Å². The highest BCUT2D eigenvalue weighted by Crippen LogP contribution is 2.19. The van der Waals surface area contributed by atoms with Crippen LogP contribution in [0.5, 0.6) is 0 Å². The van der Waals surface area contributed by atoms with Gasteiger partial charge in [-0.3, -0.25) is 4.79 Å². The van der Waals surface area contributed by atoms with Gasteiger partial charge in [0.2, 0.25) is 0 Å². The summed E-state index contributed by atoms with van der Waals surface area (Å²) < 4.78 is 18.0. The maximum atomic E-state index is 13.0. The molecule has 0 bridgehead atoms. The second-order valence-electron chi connectivity index (χ2n) is 4.28. The number of benzene rings is 2. The predicted octanol–water partition coefficient (Wildman–Crippen LogP) is 2.81. The van der Waals surface area contributed by atoms with E-state index < -0.39 is 5.82 Å². The lowest BCUT2D eigenvalue weighted by Crippen LogP contribution is -2.15. The Bertz CT molecular complexity index is 629. The first-order valence-electron chi connectivity index (χ1n) is 6.05. The van der Waals surface area contributed by atoms with Crippen LogP contribution in [0.3, 0.4) is 0 Å². The number of hydrogen-bond acceptors (Lipinski definition) is 3.